The van der Waals surface area contributed by atoms with E-state index < -0.39 is 0 Å². The number of aromatic nitrogens is 1. The number of benzene rings is 3. The second-order valence-electron chi connectivity index (χ2n) is 7.84. The molecule has 1 unspecified atom stereocenters. The van der Waals surface area contributed by atoms with Crippen LogP contribution in [0.1, 0.15) is 22.6 Å². The van der Waals surface area contributed by atoms with Crippen molar-refractivity contribution < 1.29 is 4.74 Å². The summed E-state index contributed by atoms with van der Waals surface area (Å²) in [5.41, 5.74) is 12.7. The van der Waals surface area contributed by atoms with E-state index in [4.69, 9.17) is 22.1 Å². The van der Waals surface area contributed by atoms with Gasteiger partial charge >= 0.3 is 0 Å². The first-order valence-electron chi connectivity index (χ1n) is 10.3. The number of nitrogens with two attached hydrogens (primary N) is 1. The second-order valence-corrected chi connectivity index (χ2v) is 8.27. The average Bonchev–Trinajstić information content (AvgIpc) is 3.18. The average molecular weight is 438 g/mol. The van der Waals surface area contributed by atoms with Crippen molar-refractivity contribution in [3.05, 3.63) is 112 Å². The maximum absolute atomic E-state index is 9.99. The maximum atomic E-state index is 9.99. The van der Waals surface area contributed by atoms with Crippen LogP contribution in [0.2, 0.25) is 5.02 Å². The number of halogens is 1. The third-order valence-electron chi connectivity index (χ3n) is 5.73. The molecule has 5 heteroatoms. The van der Waals surface area contributed by atoms with E-state index in [0.29, 0.717) is 16.4 Å². The summed E-state index contributed by atoms with van der Waals surface area (Å²) in [5, 5.41) is 11.7. The number of rotatable bonds is 3. The SMILES string of the molecule is Cc1ccc2[nH]c(-c3ccccc3)c(C3C=C(c4ccc(Cl)cc4)OC(N)=C3C#N)c2c1. The lowest BCUT2D eigenvalue weighted by Gasteiger charge is -2.24. The molecule has 0 spiro atoms. The van der Waals surface area contributed by atoms with E-state index in [2.05, 4.69) is 48.3 Å². The number of H-pyrrole nitrogens is 1. The maximum Gasteiger partial charge on any atom is 0.205 e. The minimum atomic E-state index is -0.370. The lowest BCUT2D eigenvalue weighted by molar-refractivity contribution is 0.361. The molecule has 0 aliphatic carbocycles. The Morgan fingerprint density at radius 2 is 1.75 bits per heavy atom. The zero-order valence-electron chi connectivity index (χ0n) is 17.4. The molecule has 0 saturated carbocycles. The highest BCUT2D eigenvalue weighted by Gasteiger charge is 2.30. The molecule has 3 aromatic carbocycles. The van der Waals surface area contributed by atoms with Gasteiger partial charge in [-0.1, -0.05) is 53.6 Å². The topological polar surface area (TPSA) is 74.8 Å². The molecule has 1 atom stereocenters. The number of nitrogens with zero attached hydrogens (tertiary/aromatic N) is 1. The van der Waals surface area contributed by atoms with E-state index in [9.17, 15) is 5.26 Å². The molecule has 1 aliphatic rings. The zero-order chi connectivity index (χ0) is 22.2. The van der Waals surface area contributed by atoms with Gasteiger partial charge in [0, 0.05) is 27.4 Å². The highest BCUT2D eigenvalue weighted by molar-refractivity contribution is 6.30. The van der Waals surface area contributed by atoms with Gasteiger partial charge in [0.25, 0.3) is 0 Å². The molecule has 1 aromatic heterocycles. The number of allylic oxidation sites excluding steroid dienone is 2. The summed E-state index contributed by atoms with van der Waals surface area (Å²) < 4.78 is 5.87. The van der Waals surface area contributed by atoms with Crippen molar-refractivity contribution in [3.8, 4) is 17.3 Å². The van der Waals surface area contributed by atoms with Gasteiger partial charge in [0.15, 0.2) is 0 Å². The molecule has 0 fully saturated rings. The quantitative estimate of drug-likeness (QED) is 0.377. The van der Waals surface area contributed by atoms with Crippen LogP contribution < -0.4 is 5.73 Å². The molecular weight excluding hydrogens is 418 g/mol. The molecular formula is C27H20ClN3O. The minimum absolute atomic E-state index is 0.117. The van der Waals surface area contributed by atoms with Crippen molar-refractivity contribution in [1.82, 2.24) is 4.98 Å². The van der Waals surface area contributed by atoms with Crippen LogP contribution in [-0.2, 0) is 4.74 Å². The summed E-state index contributed by atoms with van der Waals surface area (Å²) in [5.74, 6) is 0.348. The number of nitriles is 1. The van der Waals surface area contributed by atoms with Crippen molar-refractivity contribution in [3.63, 3.8) is 0 Å². The van der Waals surface area contributed by atoms with Crippen LogP contribution in [0, 0.1) is 18.3 Å². The Bertz CT molecular complexity index is 1420. The lowest BCUT2D eigenvalue weighted by atomic mass is 9.85. The Morgan fingerprint density at radius 1 is 1.00 bits per heavy atom. The van der Waals surface area contributed by atoms with Crippen LogP contribution in [0.3, 0.4) is 0 Å². The molecule has 156 valence electrons. The number of aromatic amines is 1. The highest BCUT2D eigenvalue weighted by Crippen LogP contribution is 2.44. The summed E-state index contributed by atoms with van der Waals surface area (Å²) in [6.45, 7) is 2.06. The van der Waals surface area contributed by atoms with Gasteiger partial charge in [-0.25, -0.2) is 0 Å². The first-order valence-corrected chi connectivity index (χ1v) is 10.7. The van der Waals surface area contributed by atoms with Gasteiger partial charge in [-0.2, -0.15) is 5.26 Å². The van der Waals surface area contributed by atoms with Gasteiger partial charge < -0.3 is 15.5 Å². The van der Waals surface area contributed by atoms with E-state index in [1.54, 1.807) is 12.1 Å². The number of fused-ring (bicyclic) bond motifs is 1. The molecule has 4 nitrogen and oxygen atoms in total. The van der Waals surface area contributed by atoms with Crippen LogP contribution in [-0.4, -0.2) is 4.98 Å². The zero-order valence-corrected chi connectivity index (χ0v) is 18.1. The fraction of sp³-hybridized carbons (Fsp3) is 0.0741. The molecule has 3 N–H and O–H groups in total. The Labute approximate surface area is 191 Å². The Balaban J connectivity index is 1.78. The molecule has 32 heavy (non-hydrogen) atoms. The standard InChI is InChI=1S/C27H20ClN3O/c1-16-7-12-23-21(13-16)25(26(31-23)18-5-3-2-4-6-18)20-14-24(32-27(30)22(20)15-29)17-8-10-19(28)11-9-17/h2-14,20,31H,30H2,1H3. The predicted octanol–water partition coefficient (Wildman–Crippen LogP) is 6.65. The highest BCUT2D eigenvalue weighted by atomic mass is 35.5. The van der Waals surface area contributed by atoms with Gasteiger partial charge in [0.2, 0.25) is 5.88 Å². The van der Waals surface area contributed by atoms with Crippen molar-refractivity contribution in [2.45, 2.75) is 12.8 Å². The Morgan fingerprint density at radius 3 is 2.47 bits per heavy atom. The first kappa shape index (κ1) is 20.0. The lowest BCUT2D eigenvalue weighted by Crippen LogP contribution is -2.16. The first-order chi connectivity index (χ1) is 15.5. The Hall–Kier alpha value is -3.94. The summed E-state index contributed by atoms with van der Waals surface area (Å²) in [6.07, 6.45) is 1.97. The second kappa shape index (κ2) is 7.96. The molecule has 2 heterocycles. The van der Waals surface area contributed by atoms with Gasteiger partial charge in [-0.3, -0.25) is 0 Å². The number of hydrogen-bond donors (Lipinski definition) is 2. The number of ether oxygens (including phenoxy) is 1. The number of nitrogens with one attached hydrogen (secondary N) is 1. The van der Waals surface area contributed by atoms with E-state index in [1.807, 2.05) is 36.4 Å². The third-order valence-corrected chi connectivity index (χ3v) is 5.98. The van der Waals surface area contributed by atoms with Crippen molar-refractivity contribution >= 4 is 28.3 Å². The van der Waals surface area contributed by atoms with Gasteiger partial charge in [0.05, 0.1) is 5.69 Å². The van der Waals surface area contributed by atoms with Gasteiger partial charge in [-0.15, -0.1) is 0 Å². The van der Waals surface area contributed by atoms with E-state index in [1.165, 1.54) is 0 Å². The monoisotopic (exact) mass is 437 g/mol. The van der Waals surface area contributed by atoms with Crippen molar-refractivity contribution in [2.75, 3.05) is 0 Å². The largest absolute Gasteiger partial charge is 0.440 e. The molecule has 0 saturated heterocycles. The van der Waals surface area contributed by atoms with E-state index in [0.717, 1.165) is 38.9 Å². The fourth-order valence-corrected chi connectivity index (χ4v) is 4.33. The number of hydrogen-bond acceptors (Lipinski definition) is 3. The van der Waals surface area contributed by atoms with E-state index >= 15 is 0 Å². The minimum Gasteiger partial charge on any atom is -0.440 e. The molecule has 0 radical (unpaired) electrons. The van der Waals surface area contributed by atoms with Crippen LogP contribution in [0.25, 0.3) is 27.9 Å². The smallest absolute Gasteiger partial charge is 0.205 e. The fourth-order valence-electron chi connectivity index (χ4n) is 4.20. The van der Waals surface area contributed by atoms with Gasteiger partial charge in [-0.05, 0) is 60.5 Å². The summed E-state index contributed by atoms with van der Waals surface area (Å²) in [4.78, 5) is 3.57. The van der Waals surface area contributed by atoms with Crippen LogP contribution in [0.5, 0.6) is 0 Å². The molecule has 0 bridgehead atoms. The van der Waals surface area contributed by atoms with Crippen LogP contribution >= 0.6 is 11.6 Å². The van der Waals surface area contributed by atoms with E-state index in [-0.39, 0.29) is 11.8 Å². The summed E-state index contributed by atoms with van der Waals surface area (Å²) in [7, 11) is 0. The van der Waals surface area contributed by atoms with Crippen LogP contribution in [0.4, 0.5) is 0 Å². The van der Waals surface area contributed by atoms with Crippen molar-refractivity contribution in [2.24, 2.45) is 5.73 Å². The van der Waals surface area contributed by atoms with Crippen LogP contribution in [0.15, 0.2) is 90.3 Å². The third kappa shape index (κ3) is 3.43. The number of aryl methyl sites for hydroxylation is 1. The summed E-state index contributed by atoms with van der Waals surface area (Å²) in [6, 6.07) is 26.1. The molecule has 4 aromatic rings. The molecule has 1 aliphatic heterocycles. The Kier molecular flexibility index (Phi) is 4.97. The predicted molar refractivity (Wildman–Crippen MR) is 129 cm³/mol. The van der Waals surface area contributed by atoms with Crippen molar-refractivity contribution in [1.29, 1.82) is 5.26 Å². The molecule has 5 rings (SSSR count). The molecule has 0 amide bonds. The normalized spacial score (nSPS) is 15.9. The van der Waals surface area contributed by atoms with Gasteiger partial charge in [0.1, 0.15) is 17.4 Å². The summed E-state index contributed by atoms with van der Waals surface area (Å²) >= 11 is 6.06.